The molecule has 0 amide bonds. The molecule has 0 fully saturated rings. The number of carboxylic acids is 1. The van der Waals surface area contributed by atoms with Crippen molar-refractivity contribution >= 4 is 80.8 Å². The highest BCUT2D eigenvalue weighted by molar-refractivity contribution is 7.80. The molecule has 0 saturated heterocycles. The Hall–Kier alpha value is -2.36. The minimum absolute atomic E-state index is 0.00864. The molecule has 3 aromatic rings. The summed E-state index contributed by atoms with van der Waals surface area (Å²) in [5.41, 5.74) is 4.95. The smallest absolute Gasteiger partial charge is 0.337 e. The van der Waals surface area contributed by atoms with Crippen LogP contribution in [0.1, 0.15) is 22.8 Å². The van der Waals surface area contributed by atoms with Gasteiger partial charge in [0.2, 0.25) is 0 Å². The van der Waals surface area contributed by atoms with Crippen LogP contribution in [-0.4, -0.2) is 27.0 Å². The first-order valence-corrected chi connectivity index (χ1v) is 11.0. The predicted molar refractivity (Wildman–Crippen MR) is 131 cm³/mol. The maximum Gasteiger partial charge on any atom is 0.337 e. The van der Waals surface area contributed by atoms with Crippen LogP contribution in [-0.2, 0) is 0 Å². The molecule has 3 rings (SSSR count). The second kappa shape index (κ2) is 9.84. The van der Waals surface area contributed by atoms with E-state index in [0.717, 1.165) is 5.56 Å². The molecule has 0 radical (unpaired) electrons. The third-order valence-electron chi connectivity index (χ3n) is 4.12. The summed E-state index contributed by atoms with van der Waals surface area (Å²) in [4.78, 5) is 11.7. The number of hydrazone groups is 1. The van der Waals surface area contributed by atoms with Gasteiger partial charge in [0.1, 0.15) is 5.75 Å². The number of hydrogen-bond donors (Lipinski definition) is 4. The normalized spacial score (nSPS) is 11.3. The second-order valence-electron chi connectivity index (χ2n) is 6.22. The van der Waals surface area contributed by atoms with E-state index >= 15 is 0 Å². The number of aromatic carboxylic acids is 1. The molecule has 11 heteroatoms. The monoisotopic (exact) mass is 513 g/mol. The Morgan fingerprint density at radius 1 is 1.06 bits per heavy atom. The number of rotatable bonds is 5. The van der Waals surface area contributed by atoms with Crippen molar-refractivity contribution in [3.8, 4) is 16.2 Å². The van der Waals surface area contributed by atoms with Gasteiger partial charge in [-0.1, -0.05) is 40.9 Å². The lowest BCUT2D eigenvalue weighted by Gasteiger charge is -2.09. The number of thiocarbonyl (C=S) groups is 1. The van der Waals surface area contributed by atoms with Crippen LogP contribution in [0.5, 0.6) is 5.75 Å². The standard InChI is InChI=1S/C20H14Cl3N3O3S2/c1-9(13-8-31-18(17(13)27)10-2-5-14(21)16(23)6-10)25-26-20(30)24-11-3-4-12(19(28)29)15(22)7-11/h2-8,27H,1H3,(H,28,29)(H2,24,26,30)/b25-9+. The molecular weight excluding hydrogens is 501 g/mol. The number of carbonyl (C=O) groups is 1. The minimum atomic E-state index is -1.12. The Bertz CT molecular complexity index is 1210. The van der Waals surface area contributed by atoms with Crippen LogP contribution >= 0.6 is 58.4 Å². The maximum atomic E-state index is 11.0. The largest absolute Gasteiger partial charge is 0.506 e. The first kappa shape index (κ1) is 23.3. The van der Waals surface area contributed by atoms with E-state index in [4.69, 9.17) is 52.1 Å². The van der Waals surface area contributed by atoms with E-state index in [0.29, 0.717) is 31.9 Å². The van der Waals surface area contributed by atoms with E-state index in [9.17, 15) is 9.90 Å². The van der Waals surface area contributed by atoms with Crippen LogP contribution in [0.2, 0.25) is 15.1 Å². The van der Waals surface area contributed by atoms with E-state index in [1.165, 1.54) is 29.5 Å². The summed E-state index contributed by atoms with van der Waals surface area (Å²) in [6, 6.07) is 9.48. The molecule has 0 aliphatic heterocycles. The lowest BCUT2D eigenvalue weighted by molar-refractivity contribution is 0.0697. The van der Waals surface area contributed by atoms with Gasteiger partial charge in [0, 0.05) is 11.1 Å². The fourth-order valence-electron chi connectivity index (χ4n) is 2.57. The van der Waals surface area contributed by atoms with Crippen molar-refractivity contribution in [1.29, 1.82) is 0 Å². The van der Waals surface area contributed by atoms with Gasteiger partial charge in [0.25, 0.3) is 0 Å². The number of aromatic hydroxyl groups is 1. The molecule has 0 atom stereocenters. The molecule has 1 aromatic heterocycles. The summed E-state index contributed by atoms with van der Waals surface area (Å²) < 4.78 is 0. The van der Waals surface area contributed by atoms with Crippen LogP contribution < -0.4 is 10.7 Å². The molecule has 0 bridgehead atoms. The molecule has 0 aliphatic rings. The number of carboxylic acid groups (broad SMARTS) is 1. The summed E-state index contributed by atoms with van der Waals surface area (Å²) in [6.07, 6.45) is 0. The number of hydrogen-bond acceptors (Lipinski definition) is 5. The summed E-state index contributed by atoms with van der Waals surface area (Å²) >= 11 is 24.5. The van der Waals surface area contributed by atoms with Crippen molar-refractivity contribution in [3.63, 3.8) is 0 Å². The fourth-order valence-corrected chi connectivity index (χ4v) is 4.30. The topological polar surface area (TPSA) is 94.0 Å². The highest BCUT2D eigenvalue weighted by atomic mass is 35.5. The van der Waals surface area contributed by atoms with E-state index in [1.807, 2.05) is 0 Å². The van der Waals surface area contributed by atoms with Crippen LogP contribution in [0, 0.1) is 0 Å². The molecule has 0 aliphatic carbocycles. The molecule has 160 valence electrons. The summed E-state index contributed by atoms with van der Waals surface area (Å²) in [6.45, 7) is 1.72. The third kappa shape index (κ3) is 5.47. The van der Waals surface area contributed by atoms with Gasteiger partial charge in [0.05, 0.1) is 36.8 Å². The molecule has 0 spiro atoms. The Labute approximate surface area is 202 Å². The first-order chi connectivity index (χ1) is 14.7. The molecule has 6 nitrogen and oxygen atoms in total. The van der Waals surface area contributed by atoms with Gasteiger partial charge in [-0.25, -0.2) is 4.79 Å². The van der Waals surface area contributed by atoms with Gasteiger partial charge < -0.3 is 15.5 Å². The average molecular weight is 515 g/mol. The van der Waals surface area contributed by atoms with E-state index in [-0.39, 0.29) is 21.4 Å². The quantitative estimate of drug-likeness (QED) is 0.177. The Morgan fingerprint density at radius 2 is 1.81 bits per heavy atom. The zero-order valence-corrected chi connectivity index (χ0v) is 19.6. The molecule has 0 saturated carbocycles. The van der Waals surface area contributed by atoms with Crippen LogP contribution in [0.15, 0.2) is 46.9 Å². The van der Waals surface area contributed by atoms with Gasteiger partial charge in [-0.2, -0.15) is 5.10 Å². The van der Waals surface area contributed by atoms with E-state index < -0.39 is 5.97 Å². The van der Waals surface area contributed by atoms with Gasteiger partial charge >= 0.3 is 5.97 Å². The van der Waals surface area contributed by atoms with Crippen LogP contribution in [0.25, 0.3) is 10.4 Å². The van der Waals surface area contributed by atoms with Crippen molar-refractivity contribution in [2.24, 2.45) is 5.10 Å². The second-order valence-corrected chi connectivity index (χ2v) is 8.73. The molecule has 0 unspecified atom stereocenters. The van der Waals surface area contributed by atoms with Crippen molar-refractivity contribution < 1.29 is 15.0 Å². The summed E-state index contributed by atoms with van der Waals surface area (Å²) in [7, 11) is 0. The highest BCUT2D eigenvalue weighted by Gasteiger charge is 2.16. The Balaban J connectivity index is 1.71. The number of nitrogens with one attached hydrogen (secondary N) is 2. The zero-order chi connectivity index (χ0) is 22.7. The highest BCUT2D eigenvalue weighted by Crippen LogP contribution is 2.40. The summed E-state index contributed by atoms with van der Waals surface area (Å²) in [5.74, 6) is -1.05. The minimum Gasteiger partial charge on any atom is -0.506 e. The predicted octanol–water partition coefficient (Wildman–Crippen LogP) is 6.49. The van der Waals surface area contributed by atoms with Gasteiger partial charge in [0.15, 0.2) is 5.11 Å². The lowest BCUT2D eigenvalue weighted by atomic mass is 10.1. The SMILES string of the molecule is C/C(=N\NC(=S)Nc1ccc(C(=O)O)c(Cl)c1)c1csc(-c2ccc(Cl)c(Cl)c2)c1O. The van der Waals surface area contributed by atoms with Gasteiger partial charge in [-0.3, -0.25) is 5.43 Å². The molecular formula is C20H14Cl3N3O3S2. The molecule has 31 heavy (non-hydrogen) atoms. The van der Waals surface area contributed by atoms with E-state index in [2.05, 4.69) is 15.8 Å². The van der Waals surface area contributed by atoms with Gasteiger partial charge in [-0.15, -0.1) is 11.3 Å². The Kier molecular flexibility index (Phi) is 7.40. The third-order valence-corrected chi connectivity index (χ3v) is 6.38. The molecule has 4 N–H and O–H groups in total. The summed E-state index contributed by atoms with van der Waals surface area (Å²) in [5, 5.41) is 29.6. The zero-order valence-electron chi connectivity index (χ0n) is 15.7. The van der Waals surface area contributed by atoms with Crippen molar-refractivity contribution in [2.45, 2.75) is 6.92 Å². The lowest BCUT2D eigenvalue weighted by Crippen LogP contribution is -2.25. The van der Waals surface area contributed by atoms with Crippen LogP contribution in [0.4, 0.5) is 5.69 Å². The van der Waals surface area contributed by atoms with Crippen molar-refractivity contribution in [3.05, 3.63) is 68.0 Å². The molecule has 1 heterocycles. The van der Waals surface area contributed by atoms with E-state index in [1.54, 1.807) is 30.5 Å². The Morgan fingerprint density at radius 3 is 2.45 bits per heavy atom. The average Bonchev–Trinajstić information content (AvgIpc) is 3.09. The molecule has 2 aromatic carbocycles. The maximum absolute atomic E-state index is 11.0. The van der Waals surface area contributed by atoms with Crippen LogP contribution in [0.3, 0.4) is 0 Å². The van der Waals surface area contributed by atoms with Crippen molar-refractivity contribution in [1.82, 2.24) is 5.43 Å². The number of nitrogens with zero attached hydrogens (tertiary/aromatic N) is 1. The number of thiophene rings is 1. The number of halogens is 3. The first-order valence-electron chi connectivity index (χ1n) is 8.57. The number of benzene rings is 2. The van der Waals surface area contributed by atoms with Gasteiger partial charge in [-0.05, 0) is 55.0 Å². The van der Waals surface area contributed by atoms with Crippen molar-refractivity contribution in [2.75, 3.05) is 5.32 Å². The fraction of sp³-hybridized carbons (Fsp3) is 0.0500. The number of anilines is 1.